The van der Waals surface area contributed by atoms with Gasteiger partial charge in [-0.15, -0.1) is 0 Å². The third kappa shape index (κ3) is 40.2. The second-order valence-corrected chi connectivity index (χ2v) is 17.0. The van der Waals surface area contributed by atoms with Crippen molar-refractivity contribution in [1.29, 1.82) is 0 Å². The first-order valence-electron chi connectivity index (χ1n) is 24.0. The Labute approximate surface area is 368 Å². The summed E-state index contributed by atoms with van der Waals surface area (Å²) in [6.45, 7) is 4.58. The Bertz CT molecular complexity index is 1210. The molecule has 344 valence electrons. The summed E-state index contributed by atoms with van der Waals surface area (Å²) >= 11 is 0. The van der Waals surface area contributed by atoms with Gasteiger partial charge in [-0.25, -0.2) is 4.79 Å². The van der Waals surface area contributed by atoms with Gasteiger partial charge in [-0.1, -0.05) is 164 Å². The Hall–Kier alpha value is -3.23. The molecule has 0 radical (unpaired) electrons. The molecule has 2 unspecified atom stereocenters. The van der Waals surface area contributed by atoms with E-state index < -0.39 is 18.1 Å². The van der Waals surface area contributed by atoms with Crippen LogP contribution in [0, 0.1) is 0 Å². The van der Waals surface area contributed by atoms with Gasteiger partial charge in [-0.3, -0.25) is 9.59 Å². The van der Waals surface area contributed by atoms with Gasteiger partial charge in [0.15, 0.2) is 12.1 Å². The highest BCUT2D eigenvalue weighted by atomic mass is 16.6. The number of carbonyl (C=O) groups is 3. The molecule has 0 spiro atoms. The number of carboxylic acids is 1. The smallest absolute Gasteiger partial charge is 0.362 e. The van der Waals surface area contributed by atoms with Crippen LogP contribution in [-0.2, 0) is 28.6 Å². The average molecular weight is 841 g/mol. The molecule has 8 heteroatoms. The Morgan fingerprint density at radius 3 is 1.50 bits per heavy atom. The minimum absolute atomic E-state index is 0.0437. The van der Waals surface area contributed by atoms with Crippen molar-refractivity contribution in [2.75, 3.05) is 41.0 Å². The topological polar surface area (TPSA) is 99.1 Å². The number of quaternary nitrogens is 1. The SMILES string of the molecule is CC/C=C/C/C=C/C/C=C/C/C=C/CCCCCCCCCC(=O)OCC(COCCC(C(=O)O)[N+](C)(C)C)OC(=O)CCCCC/C=C/C=C/CCCCCCCCC. The Balaban J connectivity index is 4.36. The highest BCUT2D eigenvalue weighted by Gasteiger charge is 2.31. The van der Waals surface area contributed by atoms with Crippen LogP contribution in [-0.4, -0.2) is 80.6 Å². The van der Waals surface area contributed by atoms with E-state index in [1.54, 1.807) is 0 Å². The number of aliphatic carboxylic acids is 1. The van der Waals surface area contributed by atoms with Crippen LogP contribution >= 0.6 is 0 Å². The number of rotatable bonds is 42. The molecule has 0 aromatic heterocycles. The fraction of sp³-hybridized carbons (Fsp3) is 0.712. The molecule has 0 aliphatic heterocycles. The van der Waals surface area contributed by atoms with Crippen molar-refractivity contribution in [3.8, 4) is 0 Å². The lowest BCUT2D eigenvalue weighted by Gasteiger charge is -2.31. The number of unbranched alkanes of at least 4 members (excludes halogenated alkanes) is 17. The number of ether oxygens (including phenoxy) is 3. The van der Waals surface area contributed by atoms with Gasteiger partial charge in [0, 0.05) is 19.3 Å². The van der Waals surface area contributed by atoms with Crippen molar-refractivity contribution in [3.63, 3.8) is 0 Å². The molecule has 60 heavy (non-hydrogen) atoms. The van der Waals surface area contributed by atoms with E-state index in [-0.39, 0.29) is 36.2 Å². The molecular weight excluding hydrogens is 751 g/mol. The quantitative estimate of drug-likeness (QED) is 0.0215. The average Bonchev–Trinajstić information content (AvgIpc) is 3.21. The largest absolute Gasteiger partial charge is 0.477 e. The van der Waals surface area contributed by atoms with E-state index in [1.807, 2.05) is 21.1 Å². The molecule has 0 fully saturated rings. The van der Waals surface area contributed by atoms with Crippen LogP contribution in [0.5, 0.6) is 0 Å². The molecule has 0 amide bonds. The maximum Gasteiger partial charge on any atom is 0.362 e. The van der Waals surface area contributed by atoms with E-state index in [9.17, 15) is 19.5 Å². The third-order valence-corrected chi connectivity index (χ3v) is 10.4. The highest BCUT2D eigenvalue weighted by molar-refractivity contribution is 5.72. The molecule has 0 saturated heterocycles. The van der Waals surface area contributed by atoms with Gasteiger partial charge >= 0.3 is 17.9 Å². The van der Waals surface area contributed by atoms with Crippen LogP contribution in [0.4, 0.5) is 0 Å². The zero-order chi connectivity index (χ0) is 44.2. The van der Waals surface area contributed by atoms with Gasteiger partial charge in [-0.2, -0.15) is 0 Å². The minimum Gasteiger partial charge on any atom is -0.477 e. The number of hydrogen-bond donors (Lipinski definition) is 1. The number of carbonyl (C=O) groups excluding carboxylic acids is 2. The molecular formula is C52H90NO7+. The van der Waals surface area contributed by atoms with Gasteiger partial charge in [0.1, 0.15) is 6.61 Å². The number of carboxylic acid groups (broad SMARTS) is 1. The molecule has 0 saturated carbocycles. The lowest BCUT2D eigenvalue weighted by molar-refractivity contribution is -0.887. The standard InChI is InChI=1S/C52H89NO7/c1-6-8-10-12-14-16-18-20-22-24-25-26-27-29-30-32-34-36-38-40-42-50(54)59-47-48(46-58-45-44-49(52(56)57)53(3,4)5)60-51(55)43-41-39-37-35-33-31-28-23-21-19-17-15-13-11-9-7-2/h8,10,14,16,20,22-23,25-26,28,31,33,48-49H,6-7,9,11-13,15,17-19,21,24,27,29-30,32,34-47H2,1-5H3/p+1/b10-8+,16-14+,22-20+,26-25+,28-23+,33-31+. The zero-order valence-corrected chi connectivity index (χ0v) is 39.1. The second-order valence-electron chi connectivity index (χ2n) is 17.0. The van der Waals surface area contributed by atoms with Crippen LogP contribution in [0.1, 0.15) is 187 Å². The molecule has 0 aliphatic rings. The minimum atomic E-state index is -0.883. The molecule has 0 aliphatic carbocycles. The number of likely N-dealkylation sites (N-methyl/N-ethyl adjacent to an activating group) is 1. The van der Waals surface area contributed by atoms with Crippen molar-refractivity contribution in [2.24, 2.45) is 0 Å². The Morgan fingerprint density at radius 2 is 0.983 bits per heavy atom. The normalized spacial score (nSPS) is 13.6. The summed E-state index contributed by atoms with van der Waals surface area (Å²) in [6, 6.07) is -0.624. The molecule has 1 N–H and O–H groups in total. The van der Waals surface area contributed by atoms with E-state index in [1.165, 1.54) is 70.6 Å². The van der Waals surface area contributed by atoms with Gasteiger partial charge in [-0.05, 0) is 77.0 Å². The van der Waals surface area contributed by atoms with Crippen molar-refractivity contribution in [3.05, 3.63) is 72.9 Å². The third-order valence-electron chi connectivity index (χ3n) is 10.4. The summed E-state index contributed by atoms with van der Waals surface area (Å²) in [4.78, 5) is 37.1. The molecule has 8 nitrogen and oxygen atoms in total. The van der Waals surface area contributed by atoms with E-state index in [4.69, 9.17) is 14.2 Å². The molecule has 0 bridgehead atoms. The van der Waals surface area contributed by atoms with Gasteiger partial charge < -0.3 is 23.8 Å². The van der Waals surface area contributed by atoms with Crippen LogP contribution in [0.15, 0.2) is 72.9 Å². The summed E-state index contributed by atoms with van der Waals surface area (Å²) in [5.74, 6) is -1.52. The number of esters is 2. The van der Waals surface area contributed by atoms with Gasteiger partial charge in [0.2, 0.25) is 0 Å². The summed E-state index contributed by atoms with van der Waals surface area (Å²) in [5.41, 5.74) is 0. The maximum absolute atomic E-state index is 12.7. The molecule has 0 rings (SSSR count). The molecule has 0 aromatic rings. The summed E-state index contributed by atoms with van der Waals surface area (Å²) in [7, 11) is 5.51. The maximum atomic E-state index is 12.7. The molecule has 2 atom stereocenters. The summed E-state index contributed by atoms with van der Waals surface area (Å²) in [5, 5.41) is 9.64. The number of hydrogen-bond acceptors (Lipinski definition) is 6. The predicted octanol–water partition coefficient (Wildman–Crippen LogP) is 13.5. The molecule has 0 aromatic carbocycles. The van der Waals surface area contributed by atoms with Crippen LogP contribution in [0.25, 0.3) is 0 Å². The zero-order valence-electron chi connectivity index (χ0n) is 39.1. The van der Waals surface area contributed by atoms with E-state index in [0.717, 1.165) is 83.5 Å². The summed E-state index contributed by atoms with van der Waals surface area (Å²) in [6.07, 6.45) is 53.7. The van der Waals surface area contributed by atoms with Crippen LogP contribution in [0.2, 0.25) is 0 Å². The van der Waals surface area contributed by atoms with Crippen molar-refractivity contribution >= 4 is 17.9 Å². The number of nitrogens with zero attached hydrogens (tertiary/aromatic N) is 1. The fourth-order valence-corrected chi connectivity index (χ4v) is 6.66. The van der Waals surface area contributed by atoms with Crippen LogP contribution < -0.4 is 0 Å². The van der Waals surface area contributed by atoms with Crippen molar-refractivity contribution in [2.45, 2.75) is 199 Å². The van der Waals surface area contributed by atoms with E-state index in [0.29, 0.717) is 19.3 Å². The lowest BCUT2D eigenvalue weighted by Crippen LogP contribution is -2.50. The second kappa shape index (κ2) is 42.5. The van der Waals surface area contributed by atoms with Crippen LogP contribution in [0.3, 0.4) is 0 Å². The van der Waals surface area contributed by atoms with Crippen molar-refractivity contribution < 1.29 is 38.2 Å². The Kier molecular flexibility index (Phi) is 40.2. The first-order chi connectivity index (χ1) is 29.1. The van der Waals surface area contributed by atoms with Crippen molar-refractivity contribution in [1.82, 2.24) is 0 Å². The van der Waals surface area contributed by atoms with E-state index in [2.05, 4.69) is 86.8 Å². The first-order valence-corrected chi connectivity index (χ1v) is 24.0. The highest BCUT2D eigenvalue weighted by Crippen LogP contribution is 2.13. The fourth-order valence-electron chi connectivity index (χ4n) is 6.66. The Morgan fingerprint density at radius 1 is 0.533 bits per heavy atom. The first kappa shape index (κ1) is 56.8. The van der Waals surface area contributed by atoms with Gasteiger partial charge in [0.25, 0.3) is 0 Å². The summed E-state index contributed by atoms with van der Waals surface area (Å²) < 4.78 is 17.3. The van der Waals surface area contributed by atoms with Gasteiger partial charge in [0.05, 0.1) is 34.4 Å². The predicted molar refractivity (Wildman–Crippen MR) is 252 cm³/mol. The monoisotopic (exact) mass is 841 g/mol. The lowest BCUT2D eigenvalue weighted by atomic mass is 10.1. The van der Waals surface area contributed by atoms with E-state index >= 15 is 0 Å². The number of allylic oxidation sites excluding steroid dienone is 12. The molecule has 0 heterocycles.